The summed E-state index contributed by atoms with van der Waals surface area (Å²) in [6.45, 7) is 5.98. The van der Waals surface area contributed by atoms with Crippen molar-refractivity contribution < 1.29 is 9.59 Å². The number of nitrogens with one attached hydrogen (secondary N) is 3. The van der Waals surface area contributed by atoms with E-state index in [4.69, 9.17) is 17.3 Å². The van der Waals surface area contributed by atoms with Crippen LogP contribution in [0.3, 0.4) is 0 Å². The number of halogens is 1. The molecule has 0 fully saturated rings. The Balaban J connectivity index is 2.21. The number of nitrogens with two attached hydrogens (primary N) is 1. The molecule has 2 rings (SSSR count). The molecular weight excluding hydrogens is 364 g/mol. The van der Waals surface area contributed by atoms with Gasteiger partial charge in [-0.1, -0.05) is 62.7 Å². The number of amides is 2. The molecule has 0 radical (unpaired) electrons. The van der Waals surface area contributed by atoms with Crippen molar-refractivity contribution in [2.75, 3.05) is 5.32 Å². The van der Waals surface area contributed by atoms with Crippen molar-refractivity contribution in [2.45, 2.75) is 33.9 Å². The quantitative estimate of drug-likeness (QED) is 0.571. The molecule has 0 saturated carbocycles. The zero-order valence-electron chi connectivity index (χ0n) is 15.7. The summed E-state index contributed by atoms with van der Waals surface area (Å²) in [6.07, 6.45) is 0. The van der Waals surface area contributed by atoms with Crippen LogP contribution in [-0.2, 0) is 17.9 Å². The third-order valence-corrected chi connectivity index (χ3v) is 4.12. The average molecular weight is 389 g/mol. The van der Waals surface area contributed by atoms with Gasteiger partial charge in [-0.05, 0) is 23.3 Å². The maximum absolute atomic E-state index is 12.7. The number of carbonyl (C=O) groups excluding carboxylic acids is 2. The highest BCUT2D eigenvalue weighted by Gasteiger charge is 2.25. The Labute approximate surface area is 164 Å². The number of hydrogen-bond donors (Lipinski definition) is 4. The standard InChI is InChI=1S/C20H25ClN4O2/c1-20(2,3)19(27)24-17-14(11-22)9-15(21)10-16(17)18(26)25-23-12-13-7-5-4-6-8-13/h4-10,23H,11-12,22H2,1-3H3,(H,24,27)(H,25,26). The van der Waals surface area contributed by atoms with Gasteiger partial charge < -0.3 is 11.1 Å². The first-order chi connectivity index (χ1) is 12.7. The average Bonchev–Trinajstić information content (AvgIpc) is 2.62. The lowest BCUT2D eigenvalue weighted by Crippen LogP contribution is -2.38. The summed E-state index contributed by atoms with van der Waals surface area (Å²) < 4.78 is 0. The summed E-state index contributed by atoms with van der Waals surface area (Å²) in [5.74, 6) is -0.627. The maximum Gasteiger partial charge on any atom is 0.267 e. The molecule has 2 amide bonds. The minimum Gasteiger partial charge on any atom is -0.326 e. The van der Waals surface area contributed by atoms with Crippen LogP contribution in [0.4, 0.5) is 5.69 Å². The van der Waals surface area contributed by atoms with Crippen molar-refractivity contribution in [3.05, 3.63) is 64.2 Å². The van der Waals surface area contributed by atoms with Gasteiger partial charge in [-0.15, -0.1) is 0 Å². The zero-order chi connectivity index (χ0) is 20.0. The molecule has 2 aromatic rings. The van der Waals surface area contributed by atoms with Crippen LogP contribution in [0.15, 0.2) is 42.5 Å². The summed E-state index contributed by atoms with van der Waals surface area (Å²) in [5.41, 5.74) is 12.9. The van der Waals surface area contributed by atoms with Crippen LogP contribution in [-0.4, -0.2) is 11.8 Å². The molecule has 7 heteroatoms. The molecule has 0 atom stereocenters. The maximum atomic E-state index is 12.7. The van der Waals surface area contributed by atoms with E-state index in [2.05, 4.69) is 16.2 Å². The highest BCUT2D eigenvalue weighted by Crippen LogP contribution is 2.28. The fourth-order valence-electron chi connectivity index (χ4n) is 2.34. The third-order valence-electron chi connectivity index (χ3n) is 3.91. The Bertz CT molecular complexity index is 817. The Morgan fingerprint density at radius 3 is 2.37 bits per heavy atom. The Morgan fingerprint density at radius 2 is 1.78 bits per heavy atom. The minimum atomic E-state index is -0.620. The molecule has 0 unspecified atom stereocenters. The van der Waals surface area contributed by atoms with Crippen molar-refractivity contribution in [2.24, 2.45) is 11.1 Å². The molecule has 27 heavy (non-hydrogen) atoms. The van der Waals surface area contributed by atoms with Gasteiger partial charge in [0, 0.05) is 23.5 Å². The highest BCUT2D eigenvalue weighted by molar-refractivity contribution is 6.31. The Kier molecular flexibility index (Phi) is 6.96. The fourth-order valence-corrected chi connectivity index (χ4v) is 2.58. The highest BCUT2D eigenvalue weighted by atomic mass is 35.5. The smallest absolute Gasteiger partial charge is 0.267 e. The van der Waals surface area contributed by atoms with Gasteiger partial charge in [-0.3, -0.25) is 15.0 Å². The molecule has 0 aromatic heterocycles. The predicted octanol–water partition coefficient (Wildman–Crippen LogP) is 3.22. The van der Waals surface area contributed by atoms with Crippen LogP contribution in [0.5, 0.6) is 0 Å². The number of carbonyl (C=O) groups is 2. The summed E-state index contributed by atoms with van der Waals surface area (Å²) in [4.78, 5) is 25.1. The van der Waals surface area contributed by atoms with Crippen molar-refractivity contribution in [3.8, 4) is 0 Å². The van der Waals surface area contributed by atoms with E-state index in [0.717, 1.165) is 5.56 Å². The number of anilines is 1. The lowest BCUT2D eigenvalue weighted by atomic mass is 9.95. The van der Waals surface area contributed by atoms with Gasteiger partial charge in [0.1, 0.15) is 0 Å². The monoisotopic (exact) mass is 388 g/mol. The summed E-state index contributed by atoms with van der Waals surface area (Å²) >= 11 is 6.13. The predicted molar refractivity (Wildman–Crippen MR) is 108 cm³/mol. The Morgan fingerprint density at radius 1 is 1.11 bits per heavy atom. The second kappa shape index (κ2) is 8.99. The molecular formula is C20H25ClN4O2. The van der Waals surface area contributed by atoms with Gasteiger partial charge in [0.15, 0.2) is 0 Å². The first-order valence-electron chi connectivity index (χ1n) is 8.63. The molecule has 6 nitrogen and oxygen atoms in total. The van der Waals surface area contributed by atoms with Crippen molar-refractivity contribution in [3.63, 3.8) is 0 Å². The number of benzene rings is 2. The van der Waals surface area contributed by atoms with E-state index in [1.165, 1.54) is 6.07 Å². The van der Waals surface area contributed by atoms with Gasteiger partial charge >= 0.3 is 0 Å². The van der Waals surface area contributed by atoms with Gasteiger partial charge in [-0.25, -0.2) is 5.43 Å². The van der Waals surface area contributed by atoms with Gasteiger partial charge in [0.2, 0.25) is 5.91 Å². The molecule has 0 spiro atoms. The summed E-state index contributed by atoms with van der Waals surface area (Å²) in [6, 6.07) is 12.8. The van der Waals surface area contributed by atoms with Crippen LogP contribution >= 0.6 is 11.6 Å². The second-order valence-electron chi connectivity index (χ2n) is 7.19. The molecule has 0 bridgehead atoms. The van der Waals surface area contributed by atoms with Crippen LogP contribution in [0.2, 0.25) is 5.02 Å². The molecule has 2 aromatic carbocycles. The van der Waals surface area contributed by atoms with Crippen LogP contribution < -0.4 is 21.9 Å². The number of rotatable bonds is 6. The molecule has 0 heterocycles. The molecule has 0 aliphatic rings. The van der Waals surface area contributed by atoms with E-state index in [0.29, 0.717) is 22.8 Å². The molecule has 5 N–H and O–H groups in total. The van der Waals surface area contributed by atoms with Gasteiger partial charge in [0.05, 0.1) is 11.3 Å². The van der Waals surface area contributed by atoms with E-state index in [9.17, 15) is 9.59 Å². The van der Waals surface area contributed by atoms with Crippen molar-refractivity contribution in [1.29, 1.82) is 0 Å². The SMILES string of the molecule is CC(C)(C)C(=O)Nc1c(CN)cc(Cl)cc1C(=O)NNCc1ccccc1. The third kappa shape index (κ3) is 5.79. The number of hydrogen-bond acceptors (Lipinski definition) is 4. The molecule has 0 aliphatic carbocycles. The van der Waals surface area contributed by atoms with Crippen LogP contribution in [0.25, 0.3) is 0 Å². The molecule has 0 aliphatic heterocycles. The van der Waals surface area contributed by atoms with Crippen molar-refractivity contribution >= 4 is 29.1 Å². The molecule has 144 valence electrons. The van der Waals surface area contributed by atoms with E-state index in [1.807, 2.05) is 30.3 Å². The topological polar surface area (TPSA) is 96.2 Å². The molecule has 0 saturated heterocycles. The number of hydrazine groups is 1. The van der Waals surface area contributed by atoms with Crippen molar-refractivity contribution in [1.82, 2.24) is 10.9 Å². The zero-order valence-corrected chi connectivity index (χ0v) is 16.5. The fraction of sp³-hybridized carbons (Fsp3) is 0.300. The van der Waals surface area contributed by atoms with Gasteiger partial charge in [-0.2, -0.15) is 0 Å². The van der Waals surface area contributed by atoms with E-state index in [-0.39, 0.29) is 18.0 Å². The van der Waals surface area contributed by atoms with Gasteiger partial charge in [0.25, 0.3) is 5.91 Å². The summed E-state index contributed by atoms with van der Waals surface area (Å²) in [7, 11) is 0. The first kappa shape index (κ1) is 20.9. The van der Waals surface area contributed by atoms with E-state index >= 15 is 0 Å². The minimum absolute atomic E-state index is 0.137. The first-order valence-corrected chi connectivity index (χ1v) is 9.01. The second-order valence-corrected chi connectivity index (χ2v) is 7.63. The Hall–Kier alpha value is -2.41. The van der Waals surface area contributed by atoms with E-state index < -0.39 is 11.3 Å². The largest absolute Gasteiger partial charge is 0.326 e. The van der Waals surface area contributed by atoms with E-state index in [1.54, 1.807) is 26.8 Å². The lowest BCUT2D eigenvalue weighted by molar-refractivity contribution is -0.123. The van der Waals surface area contributed by atoms with Crippen LogP contribution in [0, 0.1) is 5.41 Å². The summed E-state index contributed by atoms with van der Waals surface area (Å²) in [5, 5.41) is 3.19. The lowest BCUT2D eigenvalue weighted by Gasteiger charge is -2.21. The normalized spacial score (nSPS) is 11.1. The van der Waals surface area contributed by atoms with Crippen LogP contribution in [0.1, 0.15) is 42.3 Å².